The minimum absolute atomic E-state index is 0.373. The summed E-state index contributed by atoms with van der Waals surface area (Å²) < 4.78 is 7.39. The largest absolute Gasteiger partial charge is 0.492 e. The van der Waals surface area contributed by atoms with Crippen LogP contribution in [0.15, 0.2) is 53.9 Å². The van der Waals surface area contributed by atoms with Crippen LogP contribution in [0.3, 0.4) is 0 Å². The van der Waals surface area contributed by atoms with Gasteiger partial charge in [-0.25, -0.2) is 0 Å². The van der Waals surface area contributed by atoms with Gasteiger partial charge in [-0.3, -0.25) is 9.69 Å². The first-order valence-corrected chi connectivity index (χ1v) is 14.2. The number of aryl methyl sites for hydroxylation is 1. The normalized spacial score (nSPS) is 14.9. The molecule has 0 saturated heterocycles. The number of hydrogen-bond donors (Lipinski definition) is 3. The molecule has 0 amide bonds. The van der Waals surface area contributed by atoms with E-state index in [9.17, 15) is 9.90 Å². The molecule has 0 saturated carbocycles. The van der Waals surface area contributed by atoms with Crippen molar-refractivity contribution in [3.8, 4) is 5.75 Å². The summed E-state index contributed by atoms with van der Waals surface area (Å²) in [6.07, 6.45) is 0. The van der Waals surface area contributed by atoms with E-state index in [1.807, 2.05) is 26.1 Å². The third-order valence-corrected chi connectivity index (χ3v) is 9.08. The number of nitrogens with zero attached hydrogens (tertiary/aromatic N) is 1. The van der Waals surface area contributed by atoms with Gasteiger partial charge in [-0.2, -0.15) is 0 Å². The number of rotatable bonds is 7. The number of carbonyl (C=O) groups is 1. The van der Waals surface area contributed by atoms with Crippen molar-refractivity contribution < 1.29 is 14.6 Å². The van der Waals surface area contributed by atoms with Gasteiger partial charge in [0.05, 0.1) is 16.8 Å². The van der Waals surface area contributed by atoms with Crippen LogP contribution in [0.5, 0.6) is 5.75 Å². The van der Waals surface area contributed by atoms with Crippen LogP contribution >= 0.6 is 11.3 Å². The number of ether oxygens (including phenoxy) is 1. The van der Waals surface area contributed by atoms with E-state index >= 15 is 0 Å². The first-order chi connectivity index (χ1) is 18.6. The molecular formula is C32H37N3O3S. The molecule has 39 heavy (non-hydrogen) atoms. The Kier molecular flexibility index (Phi) is 7.31. The molecule has 4 aromatic rings. The van der Waals surface area contributed by atoms with Gasteiger partial charge in [-0.1, -0.05) is 24.3 Å². The molecule has 5 rings (SSSR count). The Bertz CT molecular complexity index is 1540. The van der Waals surface area contributed by atoms with Crippen molar-refractivity contribution in [1.29, 1.82) is 0 Å². The Morgan fingerprint density at radius 3 is 2.72 bits per heavy atom. The average Bonchev–Trinajstić information content (AvgIpc) is 3.26. The molecule has 1 aliphatic rings. The molecule has 1 aromatic heterocycles. The van der Waals surface area contributed by atoms with Crippen molar-refractivity contribution in [2.24, 2.45) is 5.41 Å². The Morgan fingerprint density at radius 1 is 1.18 bits per heavy atom. The summed E-state index contributed by atoms with van der Waals surface area (Å²) in [5.74, 6) is -0.242. The number of thiophene rings is 1. The maximum atomic E-state index is 12.6. The lowest BCUT2D eigenvalue weighted by molar-refractivity contribution is -0.147. The molecule has 0 aliphatic carbocycles. The molecule has 7 heteroatoms. The number of hydrogen-bond acceptors (Lipinski definition) is 6. The highest BCUT2D eigenvalue weighted by molar-refractivity contribution is 7.17. The van der Waals surface area contributed by atoms with Crippen molar-refractivity contribution in [3.05, 3.63) is 87.3 Å². The van der Waals surface area contributed by atoms with Gasteiger partial charge in [0, 0.05) is 42.9 Å². The Hall–Kier alpha value is -3.55. The Balaban J connectivity index is 1.52. The lowest BCUT2D eigenvalue weighted by Crippen LogP contribution is -2.33. The van der Waals surface area contributed by atoms with Crippen LogP contribution in [0.1, 0.15) is 53.1 Å². The van der Waals surface area contributed by atoms with Crippen LogP contribution in [-0.4, -0.2) is 36.2 Å². The van der Waals surface area contributed by atoms with Crippen molar-refractivity contribution >= 4 is 38.8 Å². The second-order valence-corrected chi connectivity index (χ2v) is 12.1. The minimum Gasteiger partial charge on any atom is -0.492 e. The van der Waals surface area contributed by atoms with E-state index in [0.29, 0.717) is 12.3 Å². The predicted octanol–water partition coefficient (Wildman–Crippen LogP) is 6.78. The molecule has 0 radical (unpaired) electrons. The minimum atomic E-state index is -1.05. The number of nitrogens with one attached hydrogen (secondary N) is 1. The van der Waals surface area contributed by atoms with Gasteiger partial charge < -0.3 is 20.9 Å². The highest BCUT2D eigenvalue weighted by Crippen LogP contribution is 2.45. The lowest BCUT2D eigenvalue weighted by Gasteiger charge is -2.34. The number of nitrogens with two attached hydrogens (primary N) is 1. The number of aliphatic carboxylic acids is 1. The summed E-state index contributed by atoms with van der Waals surface area (Å²) in [5.41, 5.74) is 13.3. The van der Waals surface area contributed by atoms with Gasteiger partial charge in [0.1, 0.15) is 12.4 Å². The Labute approximate surface area is 234 Å². The van der Waals surface area contributed by atoms with Crippen LogP contribution in [0.25, 0.3) is 10.1 Å². The molecule has 0 spiro atoms. The van der Waals surface area contributed by atoms with Gasteiger partial charge in [0.15, 0.2) is 0 Å². The van der Waals surface area contributed by atoms with E-state index in [-0.39, 0.29) is 5.92 Å². The second kappa shape index (κ2) is 10.5. The Morgan fingerprint density at radius 2 is 1.97 bits per heavy atom. The zero-order valence-electron chi connectivity index (χ0n) is 23.3. The third-order valence-electron chi connectivity index (χ3n) is 8.21. The van der Waals surface area contributed by atoms with E-state index in [1.165, 1.54) is 26.8 Å². The van der Waals surface area contributed by atoms with Crippen molar-refractivity contribution in [3.63, 3.8) is 0 Å². The molecule has 1 unspecified atom stereocenters. The van der Waals surface area contributed by atoms with Gasteiger partial charge in [-0.05, 0) is 90.5 Å². The van der Waals surface area contributed by atoms with Gasteiger partial charge >= 0.3 is 5.97 Å². The van der Waals surface area contributed by atoms with Crippen molar-refractivity contribution in [1.82, 2.24) is 4.90 Å². The fourth-order valence-electron chi connectivity index (χ4n) is 5.70. The molecule has 2 heterocycles. The fraction of sp³-hybridized carbons (Fsp3) is 0.344. The SMILES string of the molecule is CNc1ccc(C(c2ccc(C)c(CN3CCOc4cc5sccc5cc4C3)c2)C(C)(C)C(=O)O)c(C)c1N. The number of carboxylic acids is 1. The van der Waals surface area contributed by atoms with E-state index in [4.69, 9.17) is 10.5 Å². The number of nitrogen functional groups attached to an aromatic ring is 1. The van der Waals surface area contributed by atoms with Crippen LogP contribution in [-0.2, 0) is 17.9 Å². The molecule has 0 bridgehead atoms. The zero-order valence-corrected chi connectivity index (χ0v) is 24.1. The average molecular weight is 544 g/mol. The molecule has 1 aliphatic heterocycles. The quantitative estimate of drug-likeness (QED) is 0.223. The van der Waals surface area contributed by atoms with Crippen LogP contribution in [0, 0.1) is 19.3 Å². The number of benzene rings is 3. The molecule has 204 valence electrons. The maximum Gasteiger partial charge on any atom is 0.310 e. The molecule has 0 fully saturated rings. The van der Waals surface area contributed by atoms with E-state index in [0.717, 1.165) is 47.8 Å². The van der Waals surface area contributed by atoms with Crippen molar-refractivity contribution in [2.45, 2.75) is 46.7 Å². The van der Waals surface area contributed by atoms with Crippen LogP contribution < -0.4 is 15.8 Å². The summed E-state index contributed by atoms with van der Waals surface area (Å²) in [6, 6.07) is 16.9. The van der Waals surface area contributed by atoms with Gasteiger partial charge in [0.2, 0.25) is 0 Å². The third kappa shape index (κ3) is 5.09. The second-order valence-electron chi connectivity index (χ2n) is 11.1. The number of fused-ring (bicyclic) bond motifs is 2. The zero-order chi connectivity index (χ0) is 27.9. The lowest BCUT2D eigenvalue weighted by atomic mass is 9.69. The highest BCUT2D eigenvalue weighted by Gasteiger charge is 2.40. The first-order valence-electron chi connectivity index (χ1n) is 13.3. The smallest absolute Gasteiger partial charge is 0.310 e. The summed E-state index contributed by atoms with van der Waals surface area (Å²) in [5, 5.41) is 16.8. The highest BCUT2D eigenvalue weighted by atomic mass is 32.1. The summed E-state index contributed by atoms with van der Waals surface area (Å²) in [7, 11) is 1.84. The van der Waals surface area contributed by atoms with Crippen molar-refractivity contribution in [2.75, 3.05) is 31.2 Å². The molecular weight excluding hydrogens is 506 g/mol. The first kappa shape index (κ1) is 27.0. The maximum absolute atomic E-state index is 12.6. The molecule has 6 nitrogen and oxygen atoms in total. The fourth-order valence-corrected chi connectivity index (χ4v) is 6.50. The van der Waals surface area contributed by atoms with Crippen LogP contribution in [0.4, 0.5) is 11.4 Å². The van der Waals surface area contributed by atoms with Crippen LogP contribution in [0.2, 0.25) is 0 Å². The van der Waals surface area contributed by atoms with E-state index < -0.39 is 11.4 Å². The molecule has 1 atom stereocenters. The van der Waals surface area contributed by atoms with Gasteiger partial charge in [-0.15, -0.1) is 11.3 Å². The van der Waals surface area contributed by atoms with E-state index in [2.05, 4.69) is 58.9 Å². The monoisotopic (exact) mass is 543 g/mol. The topological polar surface area (TPSA) is 87.8 Å². The summed E-state index contributed by atoms with van der Waals surface area (Å²) in [6.45, 7) is 10.7. The number of carboxylic acid groups (broad SMARTS) is 1. The standard InChI is InChI=1S/C32H37N3O3S/c1-19-6-7-22(29(32(3,4)31(36)37)25-8-9-26(34-5)30(33)20(25)2)15-23(19)17-35-11-12-38-27-16-28-21(10-13-39-28)14-24(27)18-35/h6-10,13-16,29,34H,11-12,17-18,33H2,1-5H3,(H,36,37). The molecule has 4 N–H and O–H groups in total. The summed E-state index contributed by atoms with van der Waals surface area (Å²) >= 11 is 1.74. The van der Waals surface area contributed by atoms with Gasteiger partial charge in [0.25, 0.3) is 0 Å². The molecule has 3 aromatic carbocycles. The van der Waals surface area contributed by atoms with E-state index in [1.54, 1.807) is 25.2 Å². The number of anilines is 2. The predicted molar refractivity (Wildman–Crippen MR) is 161 cm³/mol. The summed E-state index contributed by atoms with van der Waals surface area (Å²) in [4.78, 5) is 15.0.